The number of carbonyl (C=O) groups excluding carboxylic acids is 1. The molecule has 2 rings (SSSR count). The van der Waals surface area contributed by atoms with E-state index in [4.69, 9.17) is 5.11 Å². The summed E-state index contributed by atoms with van der Waals surface area (Å²) >= 11 is 3.00. The SMILES string of the molecule is O=C(O)c1cc(C(=O)c2ccccc2)c(C(=O)O)cc1Br. The minimum Gasteiger partial charge on any atom is -0.478 e. The number of rotatable bonds is 4. The molecule has 0 spiro atoms. The van der Waals surface area contributed by atoms with E-state index in [1.165, 1.54) is 12.1 Å². The van der Waals surface area contributed by atoms with Crippen LogP contribution in [0.1, 0.15) is 36.6 Å². The van der Waals surface area contributed by atoms with Gasteiger partial charge in [0.1, 0.15) is 0 Å². The van der Waals surface area contributed by atoms with Gasteiger partial charge in [0.15, 0.2) is 5.78 Å². The zero-order valence-corrected chi connectivity index (χ0v) is 12.1. The smallest absolute Gasteiger partial charge is 0.336 e. The van der Waals surface area contributed by atoms with E-state index in [-0.39, 0.29) is 21.2 Å². The van der Waals surface area contributed by atoms with E-state index in [0.29, 0.717) is 5.56 Å². The number of carboxylic acid groups (broad SMARTS) is 2. The average Bonchev–Trinajstić information content (AvgIpc) is 2.46. The van der Waals surface area contributed by atoms with Crippen LogP contribution in [0.2, 0.25) is 0 Å². The lowest BCUT2D eigenvalue weighted by Gasteiger charge is -2.08. The van der Waals surface area contributed by atoms with Gasteiger partial charge < -0.3 is 10.2 Å². The monoisotopic (exact) mass is 348 g/mol. The van der Waals surface area contributed by atoms with Gasteiger partial charge in [-0.2, -0.15) is 0 Å². The molecule has 0 fully saturated rings. The van der Waals surface area contributed by atoms with Crippen LogP contribution in [0.15, 0.2) is 46.9 Å². The molecule has 21 heavy (non-hydrogen) atoms. The van der Waals surface area contributed by atoms with Gasteiger partial charge in [-0.05, 0) is 28.1 Å². The normalized spacial score (nSPS) is 10.1. The summed E-state index contributed by atoms with van der Waals surface area (Å²) in [5, 5.41) is 18.3. The van der Waals surface area contributed by atoms with Gasteiger partial charge in [-0.15, -0.1) is 0 Å². The molecule has 2 aromatic rings. The van der Waals surface area contributed by atoms with Crippen molar-refractivity contribution in [2.24, 2.45) is 0 Å². The van der Waals surface area contributed by atoms with Crippen LogP contribution in [0.25, 0.3) is 0 Å². The van der Waals surface area contributed by atoms with Crippen molar-refractivity contribution in [1.29, 1.82) is 0 Å². The van der Waals surface area contributed by atoms with Crippen molar-refractivity contribution in [3.63, 3.8) is 0 Å². The van der Waals surface area contributed by atoms with Crippen molar-refractivity contribution >= 4 is 33.7 Å². The van der Waals surface area contributed by atoms with E-state index in [1.54, 1.807) is 18.2 Å². The molecule has 0 amide bonds. The van der Waals surface area contributed by atoms with Gasteiger partial charge in [-0.3, -0.25) is 4.79 Å². The molecule has 5 nitrogen and oxygen atoms in total. The molecule has 6 heteroatoms. The fourth-order valence-corrected chi connectivity index (χ4v) is 2.36. The van der Waals surface area contributed by atoms with Crippen LogP contribution in [0.4, 0.5) is 0 Å². The third-order valence-corrected chi connectivity index (χ3v) is 3.50. The second kappa shape index (κ2) is 5.88. The zero-order chi connectivity index (χ0) is 15.6. The maximum absolute atomic E-state index is 12.4. The lowest BCUT2D eigenvalue weighted by atomic mass is 9.96. The van der Waals surface area contributed by atoms with Gasteiger partial charge in [0, 0.05) is 15.6 Å². The highest BCUT2D eigenvalue weighted by atomic mass is 79.9. The summed E-state index contributed by atoms with van der Waals surface area (Å²) < 4.78 is 0.108. The van der Waals surface area contributed by atoms with Crippen LogP contribution in [0, 0.1) is 0 Å². The number of benzene rings is 2. The summed E-state index contributed by atoms with van der Waals surface area (Å²) in [6.07, 6.45) is 0. The van der Waals surface area contributed by atoms with E-state index in [9.17, 15) is 19.5 Å². The number of carboxylic acids is 2. The first-order valence-corrected chi connectivity index (χ1v) is 6.61. The van der Waals surface area contributed by atoms with E-state index >= 15 is 0 Å². The molecule has 0 saturated heterocycles. The molecule has 0 heterocycles. The minimum atomic E-state index is -1.30. The standard InChI is InChI=1S/C15H9BrO5/c16-12-7-10(14(18)19)9(6-11(12)15(20)21)13(17)8-4-2-1-3-5-8/h1-7H,(H,18,19)(H,20,21). The number of halogens is 1. The molecule has 106 valence electrons. The van der Waals surface area contributed by atoms with Gasteiger partial charge in [0.05, 0.1) is 11.1 Å². The third-order valence-electron chi connectivity index (χ3n) is 2.85. The van der Waals surface area contributed by atoms with E-state index in [2.05, 4.69) is 15.9 Å². The molecular weight excluding hydrogens is 340 g/mol. The second-order valence-electron chi connectivity index (χ2n) is 4.18. The zero-order valence-electron chi connectivity index (χ0n) is 10.5. The molecule has 2 aromatic carbocycles. The summed E-state index contributed by atoms with van der Waals surface area (Å²) in [5.41, 5.74) is -0.284. The maximum atomic E-state index is 12.4. The summed E-state index contributed by atoms with van der Waals surface area (Å²) in [6, 6.07) is 10.3. The summed E-state index contributed by atoms with van der Waals surface area (Å²) in [7, 11) is 0. The predicted molar refractivity (Wildman–Crippen MR) is 77.9 cm³/mol. The number of aromatic carboxylic acids is 2. The van der Waals surface area contributed by atoms with Crippen molar-refractivity contribution in [3.05, 3.63) is 69.2 Å². The Kier molecular flexibility index (Phi) is 4.18. The highest BCUT2D eigenvalue weighted by molar-refractivity contribution is 9.10. The van der Waals surface area contributed by atoms with E-state index in [0.717, 1.165) is 12.1 Å². The third kappa shape index (κ3) is 3.00. The maximum Gasteiger partial charge on any atom is 0.336 e. The van der Waals surface area contributed by atoms with Crippen LogP contribution < -0.4 is 0 Å². The largest absolute Gasteiger partial charge is 0.478 e. The Morgan fingerprint density at radius 2 is 1.38 bits per heavy atom. The molecule has 0 aliphatic rings. The Labute approximate surface area is 128 Å². The fraction of sp³-hybridized carbons (Fsp3) is 0. The lowest BCUT2D eigenvalue weighted by molar-refractivity contribution is 0.0678. The van der Waals surface area contributed by atoms with Crippen LogP contribution in [0.5, 0.6) is 0 Å². The minimum absolute atomic E-state index is 0.108. The Hall–Kier alpha value is -2.47. The predicted octanol–water partition coefficient (Wildman–Crippen LogP) is 3.08. The molecule has 0 saturated carbocycles. The fourth-order valence-electron chi connectivity index (χ4n) is 1.85. The average molecular weight is 349 g/mol. The number of ketones is 1. The Morgan fingerprint density at radius 1 is 0.810 bits per heavy atom. The van der Waals surface area contributed by atoms with Crippen molar-refractivity contribution in [2.75, 3.05) is 0 Å². The van der Waals surface area contributed by atoms with Crippen molar-refractivity contribution < 1.29 is 24.6 Å². The van der Waals surface area contributed by atoms with Crippen LogP contribution >= 0.6 is 15.9 Å². The first kappa shape index (κ1) is 14.9. The van der Waals surface area contributed by atoms with Crippen LogP contribution in [0.3, 0.4) is 0 Å². The van der Waals surface area contributed by atoms with Crippen LogP contribution in [-0.4, -0.2) is 27.9 Å². The topological polar surface area (TPSA) is 91.7 Å². The molecule has 0 radical (unpaired) electrons. The van der Waals surface area contributed by atoms with Crippen molar-refractivity contribution in [1.82, 2.24) is 0 Å². The van der Waals surface area contributed by atoms with Crippen molar-refractivity contribution in [2.45, 2.75) is 0 Å². The van der Waals surface area contributed by atoms with Gasteiger partial charge >= 0.3 is 11.9 Å². The van der Waals surface area contributed by atoms with Gasteiger partial charge in [-0.1, -0.05) is 30.3 Å². The quantitative estimate of drug-likeness (QED) is 0.828. The van der Waals surface area contributed by atoms with E-state index < -0.39 is 17.7 Å². The Balaban J connectivity index is 2.66. The van der Waals surface area contributed by atoms with Gasteiger partial charge in [-0.25, -0.2) is 9.59 Å². The second-order valence-corrected chi connectivity index (χ2v) is 5.04. The molecule has 0 aliphatic carbocycles. The molecule has 0 aliphatic heterocycles. The van der Waals surface area contributed by atoms with Gasteiger partial charge in [0.2, 0.25) is 0 Å². The molecule has 0 aromatic heterocycles. The Bertz CT molecular complexity index is 737. The molecule has 2 N–H and O–H groups in total. The Morgan fingerprint density at radius 3 is 1.90 bits per heavy atom. The van der Waals surface area contributed by atoms with Gasteiger partial charge in [0.25, 0.3) is 0 Å². The lowest BCUT2D eigenvalue weighted by Crippen LogP contribution is -2.12. The van der Waals surface area contributed by atoms with Crippen molar-refractivity contribution in [3.8, 4) is 0 Å². The summed E-state index contributed by atoms with van der Waals surface area (Å²) in [4.78, 5) is 34.8. The number of hydrogen-bond acceptors (Lipinski definition) is 3. The summed E-state index contributed by atoms with van der Waals surface area (Å²) in [5.74, 6) is -3.09. The highest BCUT2D eigenvalue weighted by Gasteiger charge is 2.22. The van der Waals surface area contributed by atoms with E-state index in [1.807, 2.05) is 0 Å². The first-order chi connectivity index (χ1) is 9.91. The molecule has 0 atom stereocenters. The highest BCUT2D eigenvalue weighted by Crippen LogP contribution is 2.24. The first-order valence-electron chi connectivity index (χ1n) is 5.81. The molecule has 0 bridgehead atoms. The molecular formula is C15H9BrO5. The number of hydrogen-bond donors (Lipinski definition) is 2. The summed E-state index contributed by atoms with van der Waals surface area (Å²) in [6.45, 7) is 0. The van der Waals surface area contributed by atoms with Crippen LogP contribution in [-0.2, 0) is 0 Å². The number of carbonyl (C=O) groups is 3. The molecule has 0 unspecified atom stereocenters.